The molecule has 0 bridgehead atoms. The van der Waals surface area contributed by atoms with Crippen molar-refractivity contribution in [3.63, 3.8) is 0 Å². The summed E-state index contributed by atoms with van der Waals surface area (Å²) in [4.78, 5) is 0. The van der Waals surface area contributed by atoms with Gasteiger partial charge in [-0.2, -0.15) is 0 Å². The Morgan fingerprint density at radius 1 is 1.42 bits per heavy atom. The van der Waals surface area contributed by atoms with Crippen molar-refractivity contribution in [1.82, 2.24) is 4.57 Å². The van der Waals surface area contributed by atoms with Gasteiger partial charge in [0.25, 0.3) is 0 Å². The molecule has 1 fully saturated rings. The zero-order chi connectivity index (χ0) is 8.60. The van der Waals surface area contributed by atoms with Crippen molar-refractivity contribution in [2.45, 2.75) is 37.8 Å². The highest BCUT2D eigenvalue weighted by molar-refractivity contribution is 5.02. The topological polar surface area (TPSA) is 30.9 Å². The molecule has 0 aliphatic heterocycles. The van der Waals surface area contributed by atoms with Gasteiger partial charge in [0.15, 0.2) is 0 Å². The third kappa shape index (κ3) is 1.53. The third-order valence-electron chi connectivity index (χ3n) is 2.73. The Bertz CT molecular complexity index is 247. The lowest BCUT2D eigenvalue weighted by molar-refractivity contribution is 0.441. The van der Waals surface area contributed by atoms with Crippen molar-refractivity contribution in [2.75, 3.05) is 0 Å². The Morgan fingerprint density at radius 2 is 2.00 bits per heavy atom. The molecule has 1 unspecified atom stereocenters. The van der Waals surface area contributed by atoms with Crippen LogP contribution in [0.25, 0.3) is 0 Å². The minimum absolute atomic E-state index is 0.170. The average molecular weight is 164 g/mol. The minimum Gasteiger partial charge on any atom is -0.351 e. The summed E-state index contributed by atoms with van der Waals surface area (Å²) in [5.41, 5.74) is 6.21. The normalized spacial score (nSPS) is 22.2. The standard InChI is InChI=1S/C10H16N2/c1-9(8-10(11)4-5-10)12-6-2-3-7-12/h2-3,6-7,9H,4-5,8,11H2,1H3. The molecule has 1 aromatic rings. The quantitative estimate of drug-likeness (QED) is 0.727. The second kappa shape index (κ2) is 2.63. The van der Waals surface area contributed by atoms with Gasteiger partial charge in [-0.05, 0) is 38.3 Å². The Morgan fingerprint density at radius 3 is 2.50 bits per heavy atom. The van der Waals surface area contributed by atoms with E-state index in [0.29, 0.717) is 6.04 Å². The van der Waals surface area contributed by atoms with Crippen molar-refractivity contribution < 1.29 is 0 Å². The summed E-state index contributed by atoms with van der Waals surface area (Å²) in [6.07, 6.45) is 7.74. The van der Waals surface area contributed by atoms with Gasteiger partial charge >= 0.3 is 0 Å². The van der Waals surface area contributed by atoms with E-state index in [2.05, 4.69) is 36.0 Å². The Hall–Kier alpha value is -0.760. The number of aromatic nitrogens is 1. The lowest BCUT2D eigenvalue weighted by atomic mass is 10.1. The molecule has 2 N–H and O–H groups in total. The first-order chi connectivity index (χ1) is 5.70. The first kappa shape index (κ1) is 7.87. The maximum absolute atomic E-state index is 6.04. The van der Waals surface area contributed by atoms with Crippen molar-refractivity contribution >= 4 is 0 Å². The highest BCUT2D eigenvalue weighted by Gasteiger charge is 2.39. The zero-order valence-corrected chi connectivity index (χ0v) is 7.53. The second-order valence-electron chi connectivity index (χ2n) is 4.05. The Kier molecular flexibility index (Phi) is 1.72. The van der Waals surface area contributed by atoms with Gasteiger partial charge in [-0.25, -0.2) is 0 Å². The number of rotatable bonds is 3. The first-order valence-corrected chi connectivity index (χ1v) is 4.61. The molecule has 2 heteroatoms. The molecule has 0 amide bonds. The fourth-order valence-electron chi connectivity index (χ4n) is 1.70. The predicted octanol–water partition coefficient (Wildman–Crippen LogP) is 1.93. The summed E-state index contributed by atoms with van der Waals surface area (Å²) in [6, 6.07) is 4.67. The van der Waals surface area contributed by atoms with Crippen LogP contribution >= 0.6 is 0 Å². The molecule has 1 saturated carbocycles. The largest absolute Gasteiger partial charge is 0.351 e. The van der Waals surface area contributed by atoms with Crippen LogP contribution in [-0.2, 0) is 0 Å². The molecule has 1 aromatic heterocycles. The van der Waals surface area contributed by atoms with Gasteiger partial charge in [-0.1, -0.05) is 0 Å². The van der Waals surface area contributed by atoms with Crippen molar-refractivity contribution in [1.29, 1.82) is 0 Å². The fourth-order valence-corrected chi connectivity index (χ4v) is 1.70. The van der Waals surface area contributed by atoms with E-state index >= 15 is 0 Å². The summed E-state index contributed by atoms with van der Waals surface area (Å²) >= 11 is 0. The number of hydrogen-bond acceptors (Lipinski definition) is 1. The molecule has 0 radical (unpaired) electrons. The molecule has 1 aliphatic carbocycles. The summed E-state index contributed by atoms with van der Waals surface area (Å²) in [5, 5.41) is 0. The van der Waals surface area contributed by atoms with E-state index in [9.17, 15) is 0 Å². The smallest absolute Gasteiger partial charge is 0.0319 e. The lowest BCUT2D eigenvalue weighted by Crippen LogP contribution is -2.25. The maximum Gasteiger partial charge on any atom is 0.0319 e. The Balaban J connectivity index is 1.97. The van der Waals surface area contributed by atoms with Crippen LogP contribution in [0.4, 0.5) is 0 Å². The predicted molar refractivity (Wildman–Crippen MR) is 49.9 cm³/mol. The summed E-state index contributed by atoms with van der Waals surface area (Å²) in [6.45, 7) is 2.23. The van der Waals surface area contributed by atoms with Gasteiger partial charge in [0.05, 0.1) is 0 Å². The second-order valence-corrected chi connectivity index (χ2v) is 4.05. The van der Waals surface area contributed by atoms with Crippen LogP contribution in [0.1, 0.15) is 32.2 Å². The monoisotopic (exact) mass is 164 g/mol. The van der Waals surface area contributed by atoms with Gasteiger partial charge in [-0.15, -0.1) is 0 Å². The van der Waals surface area contributed by atoms with E-state index in [1.165, 1.54) is 12.8 Å². The lowest BCUT2D eigenvalue weighted by Gasteiger charge is -2.17. The summed E-state index contributed by atoms with van der Waals surface area (Å²) < 4.78 is 2.23. The minimum atomic E-state index is 0.170. The van der Waals surface area contributed by atoms with Crippen LogP contribution in [0.3, 0.4) is 0 Å². The molecule has 0 spiro atoms. The molecular weight excluding hydrogens is 148 g/mol. The molecule has 1 heterocycles. The zero-order valence-electron chi connectivity index (χ0n) is 7.53. The molecule has 0 saturated heterocycles. The molecule has 12 heavy (non-hydrogen) atoms. The van der Waals surface area contributed by atoms with Crippen LogP contribution < -0.4 is 5.73 Å². The van der Waals surface area contributed by atoms with E-state index in [1.54, 1.807) is 0 Å². The summed E-state index contributed by atoms with van der Waals surface area (Å²) in [5.74, 6) is 0. The van der Waals surface area contributed by atoms with Crippen molar-refractivity contribution in [3.8, 4) is 0 Å². The van der Waals surface area contributed by atoms with E-state index in [-0.39, 0.29) is 5.54 Å². The van der Waals surface area contributed by atoms with Crippen LogP contribution in [0.5, 0.6) is 0 Å². The van der Waals surface area contributed by atoms with Crippen LogP contribution in [0.15, 0.2) is 24.5 Å². The summed E-state index contributed by atoms with van der Waals surface area (Å²) in [7, 11) is 0. The number of nitrogens with zero attached hydrogens (tertiary/aromatic N) is 1. The van der Waals surface area contributed by atoms with E-state index in [0.717, 1.165) is 6.42 Å². The molecular formula is C10H16N2. The molecule has 1 aliphatic rings. The van der Waals surface area contributed by atoms with E-state index in [1.807, 2.05) is 0 Å². The molecule has 1 atom stereocenters. The average Bonchev–Trinajstić information content (AvgIpc) is 2.55. The van der Waals surface area contributed by atoms with Gasteiger partial charge < -0.3 is 10.3 Å². The Labute approximate surface area is 73.4 Å². The van der Waals surface area contributed by atoms with Gasteiger partial charge in [0, 0.05) is 24.0 Å². The van der Waals surface area contributed by atoms with Gasteiger partial charge in [0.1, 0.15) is 0 Å². The number of nitrogens with two attached hydrogens (primary N) is 1. The molecule has 2 rings (SSSR count). The highest BCUT2D eigenvalue weighted by atomic mass is 15.0. The molecule has 2 nitrogen and oxygen atoms in total. The molecule has 66 valence electrons. The van der Waals surface area contributed by atoms with Gasteiger partial charge in [-0.3, -0.25) is 0 Å². The highest BCUT2D eigenvalue weighted by Crippen LogP contribution is 2.39. The van der Waals surface area contributed by atoms with Crippen LogP contribution in [0, 0.1) is 0 Å². The molecule has 0 aromatic carbocycles. The first-order valence-electron chi connectivity index (χ1n) is 4.61. The van der Waals surface area contributed by atoms with Gasteiger partial charge in [0.2, 0.25) is 0 Å². The van der Waals surface area contributed by atoms with Crippen LogP contribution in [-0.4, -0.2) is 10.1 Å². The van der Waals surface area contributed by atoms with E-state index in [4.69, 9.17) is 5.73 Å². The number of hydrogen-bond donors (Lipinski definition) is 1. The third-order valence-corrected chi connectivity index (χ3v) is 2.73. The van der Waals surface area contributed by atoms with Crippen molar-refractivity contribution in [2.24, 2.45) is 5.73 Å². The van der Waals surface area contributed by atoms with E-state index < -0.39 is 0 Å². The SMILES string of the molecule is CC(CC1(N)CC1)n1cccc1. The fraction of sp³-hybridized carbons (Fsp3) is 0.600. The maximum atomic E-state index is 6.04. The van der Waals surface area contributed by atoms with Crippen LogP contribution in [0.2, 0.25) is 0 Å². The van der Waals surface area contributed by atoms with Crippen molar-refractivity contribution in [3.05, 3.63) is 24.5 Å².